The van der Waals surface area contributed by atoms with E-state index in [4.69, 9.17) is 15.2 Å². The number of hydrogen-bond acceptors (Lipinski definition) is 3. The smallest absolute Gasteiger partial charge is 0.146 e. The van der Waals surface area contributed by atoms with Crippen LogP contribution in [0.1, 0.15) is 20.8 Å². The van der Waals surface area contributed by atoms with E-state index in [1.807, 2.05) is 20.8 Å². The standard InChI is InChI=1S/C7H17NO2/c1-4-9-6-10-5-7(2,3)8/h4-6,8H2,1-3H3. The van der Waals surface area contributed by atoms with Gasteiger partial charge in [0, 0.05) is 12.1 Å². The van der Waals surface area contributed by atoms with Gasteiger partial charge in [-0.2, -0.15) is 0 Å². The van der Waals surface area contributed by atoms with Gasteiger partial charge >= 0.3 is 0 Å². The third-order valence-electron chi connectivity index (χ3n) is 0.845. The van der Waals surface area contributed by atoms with Crippen molar-refractivity contribution in [1.29, 1.82) is 0 Å². The van der Waals surface area contributed by atoms with Crippen LogP contribution in [0, 0.1) is 0 Å². The van der Waals surface area contributed by atoms with Crippen molar-refractivity contribution in [3.8, 4) is 0 Å². The Kier molecular flexibility index (Phi) is 4.60. The molecule has 0 heterocycles. The quantitative estimate of drug-likeness (QED) is 0.460. The normalized spacial score (nSPS) is 12.0. The molecule has 0 aromatic carbocycles. The fraction of sp³-hybridized carbons (Fsp3) is 1.00. The summed E-state index contributed by atoms with van der Waals surface area (Å²) < 4.78 is 10.0. The molecule has 2 N–H and O–H groups in total. The van der Waals surface area contributed by atoms with Crippen LogP contribution in [0.25, 0.3) is 0 Å². The molecule has 0 unspecified atom stereocenters. The van der Waals surface area contributed by atoms with Crippen molar-refractivity contribution in [3.63, 3.8) is 0 Å². The van der Waals surface area contributed by atoms with Gasteiger partial charge in [0.1, 0.15) is 6.79 Å². The summed E-state index contributed by atoms with van der Waals surface area (Å²) in [6.07, 6.45) is 0. The SMILES string of the molecule is CCOCOCC(C)(C)N. The third kappa shape index (κ3) is 7.88. The van der Waals surface area contributed by atoms with Crippen molar-refractivity contribution in [2.75, 3.05) is 20.0 Å². The van der Waals surface area contributed by atoms with Gasteiger partial charge in [0.15, 0.2) is 0 Å². The van der Waals surface area contributed by atoms with Crippen LogP contribution in [0.4, 0.5) is 0 Å². The first kappa shape index (κ1) is 9.88. The lowest BCUT2D eigenvalue weighted by atomic mass is 10.1. The summed E-state index contributed by atoms with van der Waals surface area (Å²) in [5, 5.41) is 0. The lowest BCUT2D eigenvalue weighted by Crippen LogP contribution is -2.37. The number of ether oxygens (including phenoxy) is 2. The predicted molar refractivity (Wildman–Crippen MR) is 40.7 cm³/mol. The van der Waals surface area contributed by atoms with Crippen LogP contribution < -0.4 is 5.73 Å². The molecular formula is C7H17NO2. The highest BCUT2D eigenvalue weighted by molar-refractivity contribution is 4.69. The van der Waals surface area contributed by atoms with Gasteiger partial charge in [0.25, 0.3) is 0 Å². The first-order valence-corrected chi connectivity index (χ1v) is 3.50. The van der Waals surface area contributed by atoms with Gasteiger partial charge in [-0.25, -0.2) is 0 Å². The van der Waals surface area contributed by atoms with E-state index in [1.165, 1.54) is 0 Å². The molecule has 0 radical (unpaired) electrons. The molecule has 10 heavy (non-hydrogen) atoms. The minimum Gasteiger partial charge on any atom is -0.356 e. The van der Waals surface area contributed by atoms with Crippen LogP contribution in [0.2, 0.25) is 0 Å². The van der Waals surface area contributed by atoms with Gasteiger partial charge in [-0.3, -0.25) is 0 Å². The Balaban J connectivity index is 3.04. The Morgan fingerprint density at radius 2 is 1.90 bits per heavy atom. The Hall–Kier alpha value is -0.120. The largest absolute Gasteiger partial charge is 0.356 e. The summed E-state index contributed by atoms with van der Waals surface area (Å²) in [6, 6.07) is 0. The average molecular weight is 147 g/mol. The number of rotatable bonds is 5. The molecule has 0 aliphatic heterocycles. The minimum absolute atomic E-state index is 0.253. The molecule has 0 spiro atoms. The van der Waals surface area contributed by atoms with Gasteiger partial charge < -0.3 is 15.2 Å². The molecule has 0 saturated carbocycles. The van der Waals surface area contributed by atoms with Crippen LogP contribution in [0.3, 0.4) is 0 Å². The zero-order valence-corrected chi connectivity index (χ0v) is 7.02. The molecule has 0 saturated heterocycles. The molecular weight excluding hydrogens is 130 g/mol. The van der Waals surface area contributed by atoms with Crippen molar-refractivity contribution >= 4 is 0 Å². The molecule has 0 aromatic rings. The maximum Gasteiger partial charge on any atom is 0.146 e. The molecule has 0 fully saturated rings. The van der Waals surface area contributed by atoms with E-state index in [-0.39, 0.29) is 5.54 Å². The lowest BCUT2D eigenvalue weighted by molar-refractivity contribution is -0.0608. The zero-order chi connectivity index (χ0) is 8.04. The van der Waals surface area contributed by atoms with Gasteiger partial charge in [0.2, 0.25) is 0 Å². The van der Waals surface area contributed by atoms with Gasteiger partial charge in [-0.05, 0) is 20.8 Å². The average Bonchev–Trinajstić information content (AvgIpc) is 1.78. The molecule has 3 heteroatoms. The Morgan fingerprint density at radius 1 is 1.30 bits per heavy atom. The molecule has 3 nitrogen and oxygen atoms in total. The topological polar surface area (TPSA) is 44.5 Å². The second kappa shape index (κ2) is 4.66. The van der Waals surface area contributed by atoms with E-state index in [2.05, 4.69) is 0 Å². The molecule has 0 bridgehead atoms. The second-order valence-corrected chi connectivity index (χ2v) is 2.95. The second-order valence-electron chi connectivity index (χ2n) is 2.95. The molecule has 0 rings (SSSR count). The van der Waals surface area contributed by atoms with Crippen molar-refractivity contribution in [3.05, 3.63) is 0 Å². The monoisotopic (exact) mass is 147 g/mol. The Labute approximate surface area is 62.5 Å². The van der Waals surface area contributed by atoms with Crippen LogP contribution in [0.15, 0.2) is 0 Å². The zero-order valence-electron chi connectivity index (χ0n) is 7.02. The molecule has 0 aliphatic rings. The molecule has 0 amide bonds. The fourth-order valence-electron chi connectivity index (χ4n) is 0.447. The summed E-state index contributed by atoms with van der Waals surface area (Å²) in [7, 11) is 0. The van der Waals surface area contributed by atoms with Crippen molar-refractivity contribution < 1.29 is 9.47 Å². The number of hydrogen-bond donors (Lipinski definition) is 1. The Bertz CT molecular complexity index is 78.2. The lowest BCUT2D eigenvalue weighted by Gasteiger charge is -2.17. The van der Waals surface area contributed by atoms with Crippen molar-refractivity contribution in [2.45, 2.75) is 26.3 Å². The molecule has 62 valence electrons. The van der Waals surface area contributed by atoms with Gasteiger partial charge in [-0.1, -0.05) is 0 Å². The maximum absolute atomic E-state index is 5.64. The summed E-state index contributed by atoms with van der Waals surface area (Å²) in [5.74, 6) is 0. The predicted octanol–water partition coefficient (Wildman–Crippen LogP) is 0.734. The molecule has 0 atom stereocenters. The Morgan fingerprint density at radius 3 is 2.30 bits per heavy atom. The summed E-state index contributed by atoms with van der Waals surface area (Å²) >= 11 is 0. The van der Waals surface area contributed by atoms with Crippen LogP contribution in [-0.4, -0.2) is 25.5 Å². The van der Waals surface area contributed by atoms with Crippen LogP contribution in [0.5, 0.6) is 0 Å². The minimum atomic E-state index is -0.253. The molecule has 0 aromatic heterocycles. The highest BCUT2D eigenvalue weighted by Gasteiger charge is 2.09. The maximum atomic E-state index is 5.64. The highest BCUT2D eigenvalue weighted by atomic mass is 16.7. The first-order chi connectivity index (χ1) is 4.56. The summed E-state index contributed by atoms with van der Waals surface area (Å²) in [5.41, 5.74) is 5.38. The van der Waals surface area contributed by atoms with Crippen LogP contribution >= 0.6 is 0 Å². The number of nitrogens with two attached hydrogens (primary N) is 1. The van der Waals surface area contributed by atoms with Crippen molar-refractivity contribution in [2.24, 2.45) is 5.73 Å². The van der Waals surface area contributed by atoms with Gasteiger partial charge in [-0.15, -0.1) is 0 Å². The van der Waals surface area contributed by atoms with E-state index in [1.54, 1.807) is 0 Å². The van der Waals surface area contributed by atoms with E-state index in [0.29, 0.717) is 20.0 Å². The van der Waals surface area contributed by atoms with E-state index in [9.17, 15) is 0 Å². The molecule has 0 aliphatic carbocycles. The fourth-order valence-corrected chi connectivity index (χ4v) is 0.447. The van der Waals surface area contributed by atoms with Crippen molar-refractivity contribution in [1.82, 2.24) is 0 Å². The summed E-state index contributed by atoms with van der Waals surface area (Å²) in [6.45, 7) is 7.32. The van der Waals surface area contributed by atoms with Crippen LogP contribution in [-0.2, 0) is 9.47 Å². The first-order valence-electron chi connectivity index (χ1n) is 3.50. The van der Waals surface area contributed by atoms with E-state index < -0.39 is 0 Å². The summed E-state index contributed by atoms with van der Waals surface area (Å²) in [4.78, 5) is 0. The van der Waals surface area contributed by atoms with E-state index in [0.717, 1.165) is 0 Å². The third-order valence-corrected chi connectivity index (χ3v) is 0.845. The van der Waals surface area contributed by atoms with Gasteiger partial charge in [0.05, 0.1) is 6.61 Å². The van der Waals surface area contributed by atoms with E-state index >= 15 is 0 Å². The highest BCUT2D eigenvalue weighted by Crippen LogP contribution is 1.96.